The molecule has 140 valence electrons. The van der Waals surface area contributed by atoms with Crippen molar-refractivity contribution >= 4 is 17.7 Å². The fourth-order valence-electron chi connectivity index (χ4n) is 3.41. The Labute approximate surface area is 157 Å². The molecule has 0 saturated carbocycles. The Hall–Kier alpha value is -1.83. The first kappa shape index (κ1) is 18.9. The van der Waals surface area contributed by atoms with E-state index in [4.69, 9.17) is 4.74 Å². The van der Waals surface area contributed by atoms with Crippen LogP contribution >= 0.6 is 11.8 Å². The molecule has 1 fully saturated rings. The van der Waals surface area contributed by atoms with Crippen LogP contribution in [0.3, 0.4) is 0 Å². The number of morpholine rings is 1. The summed E-state index contributed by atoms with van der Waals surface area (Å²) in [4.78, 5) is 16.2. The number of carboxylic acid groups (broad SMARTS) is 1. The maximum atomic E-state index is 13.3. The second-order valence-electron chi connectivity index (χ2n) is 6.36. The highest BCUT2D eigenvalue weighted by atomic mass is 32.2. The molecule has 26 heavy (non-hydrogen) atoms. The van der Waals surface area contributed by atoms with Crippen molar-refractivity contribution in [3.05, 3.63) is 57.9 Å². The monoisotopic (exact) mass is 378 g/mol. The number of rotatable bonds is 5. The highest BCUT2D eigenvalue weighted by molar-refractivity contribution is 8.02. The van der Waals surface area contributed by atoms with Gasteiger partial charge in [0.2, 0.25) is 0 Å². The summed E-state index contributed by atoms with van der Waals surface area (Å²) >= 11 is 1.44. The summed E-state index contributed by atoms with van der Waals surface area (Å²) in [5.74, 6) is -1.20. The van der Waals surface area contributed by atoms with Gasteiger partial charge in [-0.2, -0.15) is 0 Å². The van der Waals surface area contributed by atoms with E-state index in [0.717, 1.165) is 29.3 Å². The Morgan fingerprint density at radius 1 is 1.31 bits per heavy atom. The summed E-state index contributed by atoms with van der Waals surface area (Å²) in [5, 5.41) is 10.4. The molecule has 0 radical (unpaired) electrons. The van der Waals surface area contributed by atoms with E-state index in [9.17, 15) is 14.3 Å². The maximum absolute atomic E-state index is 13.3. The summed E-state index contributed by atoms with van der Waals surface area (Å²) in [6, 6.07) is 6.36. The summed E-state index contributed by atoms with van der Waals surface area (Å²) in [6.45, 7) is 5.27. The molecule has 0 spiro atoms. The second kappa shape index (κ2) is 8.24. The molecule has 5 nitrogen and oxygen atoms in total. The first-order valence-electron chi connectivity index (χ1n) is 8.54. The number of halogens is 1. The van der Waals surface area contributed by atoms with Crippen molar-refractivity contribution in [1.29, 1.82) is 0 Å². The number of ether oxygens (including phenoxy) is 1. The van der Waals surface area contributed by atoms with Gasteiger partial charge in [0.25, 0.3) is 0 Å². The summed E-state index contributed by atoms with van der Waals surface area (Å²) in [5.41, 5.74) is 2.05. The van der Waals surface area contributed by atoms with Gasteiger partial charge in [-0.25, -0.2) is 9.18 Å². The van der Waals surface area contributed by atoms with E-state index in [2.05, 4.69) is 9.80 Å². The predicted octanol–water partition coefficient (Wildman–Crippen LogP) is 2.91. The van der Waals surface area contributed by atoms with Gasteiger partial charge < -0.3 is 14.7 Å². The van der Waals surface area contributed by atoms with E-state index in [1.165, 1.54) is 23.9 Å². The van der Waals surface area contributed by atoms with Gasteiger partial charge in [0.15, 0.2) is 0 Å². The lowest BCUT2D eigenvalue weighted by atomic mass is 10.0. The lowest BCUT2D eigenvalue weighted by molar-refractivity contribution is -0.132. The molecule has 0 aliphatic carbocycles. The van der Waals surface area contributed by atoms with Crippen molar-refractivity contribution < 1.29 is 19.0 Å². The number of carbonyl (C=O) groups is 1. The Morgan fingerprint density at radius 3 is 2.54 bits per heavy atom. The normalized spacial score (nSPS) is 21.7. The molecular formula is C19H23FN2O3S. The van der Waals surface area contributed by atoms with Crippen molar-refractivity contribution in [3.63, 3.8) is 0 Å². The SMILES string of the molecule is CSC1=C(C(=O)O)C(C)=CC(N2CCOCC2)N1Cc1ccc(F)cc1. The Bertz CT molecular complexity index is 727. The lowest BCUT2D eigenvalue weighted by Gasteiger charge is -2.44. The third-order valence-electron chi connectivity index (χ3n) is 4.68. The van der Waals surface area contributed by atoms with Crippen LogP contribution in [-0.2, 0) is 16.1 Å². The van der Waals surface area contributed by atoms with E-state index in [1.807, 2.05) is 19.3 Å². The molecule has 0 bridgehead atoms. The van der Waals surface area contributed by atoms with Gasteiger partial charge in [-0.15, -0.1) is 11.8 Å². The fourth-order valence-corrected chi connectivity index (χ4v) is 4.26. The third-order valence-corrected chi connectivity index (χ3v) is 5.51. The first-order chi connectivity index (χ1) is 12.5. The van der Waals surface area contributed by atoms with Gasteiger partial charge in [-0.3, -0.25) is 4.90 Å². The topological polar surface area (TPSA) is 53.0 Å². The molecule has 2 aliphatic rings. The second-order valence-corrected chi connectivity index (χ2v) is 7.15. The van der Waals surface area contributed by atoms with Crippen LogP contribution < -0.4 is 0 Å². The molecule has 1 aromatic rings. The molecule has 1 atom stereocenters. The average Bonchev–Trinajstić information content (AvgIpc) is 2.64. The van der Waals surface area contributed by atoms with Crippen LogP contribution in [0.5, 0.6) is 0 Å². The zero-order chi connectivity index (χ0) is 18.7. The third kappa shape index (κ3) is 3.95. The number of aliphatic carboxylic acids is 1. The van der Waals surface area contributed by atoms with Crippen LogP contribution in [0.15, 0.2) is 46.5 Å². The summed E-state index contributed by atoms with van der Waals surface area (Å²) in [6.07, 6.45) is 3.86. The van der Waals surface area contributed by atoms with Crippen molar-refractivity contribution in [2.75, 3.05) is 32.6 Å². The quantitative estimate of drug-likeness (QED) is 0.850. The smallest absolute Gasteiger partial charge is 0.338 e. The Kier molecular flexibility index (Phi) is 6.01. The number of carboxylic acids is 1. The van der Waals surface area contributed by atoms with E-state index >= 15 is 0 Å². The average molecular weight is 378 g/mol. The number of nitrogens with zero attached hydrogens (tertiary/aromatic N) is 2. The van der Waals surface area contributed by atoms with Gasteiger partial charge in [-0.1, -0.05) is 12.1 Å². The van der Waals surface area contributed by atoms with Crippen LogP contribution in [0.4, 0.5) is 4.39 Å². The lowest BCUT2D eigenvalue weighted by Crippen LogP contribution is -2.52. The minimum absolute atomic E-state index is 0.0468. The van der Waals surface area contributed by atoms with E-state index in [-0.39, 0.29) is 12.0 Å². The van der Waals surface area contributed by atoms with Crippen molar-refractivity contribution in [2.45, 2.75) is 19.6 Å². The standard InChI is InChI=1S/C19H23FN2O3S/c1-13-11-16(21-7-9-25-10-8-21)22(18(26-2)17(13)19(23)24)12-14-3-5-15(20)6-4-14/h3-6,11,16H,7-10,12H2,1-2H3,(H,23,24). The molecular weight excluding hydrogens is 355 g/mol. The zero-order valence-electron chi connectivity index (χ0n) is 14.9. The highest BCUT2D eigenvalue weighted by Gasteiger charge is 2.34. The zero-order valence-corrected chi connectivity index (χ0v) is 15.8. The number of thioether (sulfide) groups is 1. The molecule has 7 heteroatoms. The Balaban J connectivity index is 1.99. The van der Waals surface area contributed by atoms with Gasteiger partial charge >= 0.3 is 5.97 Å². The largest absolute Gasteiger partial charge is 0.478 e. The van der Waals surface area contributed by atoms with Crippen LogP contribution in [-0.4, -0.2) is 59.6 Å². The van der Waals surface area contributed by atoms with E-state index in [1.54, 1.807) is 12.1 Å². The summed E-state index contributed by atoms with van der Waals surface area (Å²) < 4.78 is 18.7. The minimum atomic E-state index is -0.923. The first-order valence-corrected chi connectivity index (χ1v) is 9.77. The Morgan fingerprint density at radius 2 is 1.96 bits per heavy atom. The number of hydrogen-bond acceptors (Lipinski definition) is 5. The molecule has 1 N–H and O–H groups in total. The molecule has 3 rings (SSSR count). The minimum Gasteiger partial charge on any atom is -0.478 e. The van der Waals surface area contributed by atoms with Gasteiger partial charge in [-0.05, 0) is 42.5 Å². The van der Waals surface area contributed by atoms with Crippen molar-refractivity contribution in [3.8, 4) is 0 Å². The van der Waals surface area contributed by atoms with Crippen LogP contribution in [0.1, 0.15) is 12.5 Å². The van der Waals surface area contributed by atoms with Crippen molar-refractivity contribution in [1.82, 2.24) is 9.80 Å². The van der Waals surface area contributed by atoms with Crippen LogP contribution in [0.2, 0.25) is 0 Å². The van der Waals surface area contributed by atoms with E-state index < -0.39 is 5.97 Å². The van der Waals surface area contributed by atoms with Gasteiger partial charge in [0.05, 0.1) is 23.8 Å². The van der Waals surface area contributed by atoms with Gasteiger partial charge in [0, 0.05) is 19.6 Å². The van der Waals surface area contributed by atoms with Gasteiger partial charge in [0.1, 0.15) is 12.0 Å². The van der Waals surface area contributed by atoms with Crippen molar-refractivity contribution in [2.24, 2.45) is 0 Å². The van der Waals surface area contributed by atoms with E-state index in [0.29, 0.717) is 25.3 Å². The molecule has 2 heterocycles. The maximum Gasteiger partial charge on any atom is 0.338 e. The molecule has 2 aliphatic heterocycles. The summed E-state index contributed by atoms with van der Waals surface area (Å²) in [7, 11) is 0. The molecule has 1 unspecified atom stereocenters. The molecule has 0 aromatic heterocycles. The number of benzene rings is 1. The fraction of sp³-hybridized carbons (Fsp3) is 0.421. The van der Waals surface area contributed by atoms with Crippen LogP contribution in [0, 0.1) is 5.82 Å². The predicted molar refractivity (Wildman–Crippen MR) is 100 cm³/mol. The van der Waals surface area contributed by atoms with Crippen LogP contribution in [0.25, 0.3) is 0 Å². The molecule has 1 aromatic carbocycles. The number of hydrogen-bond donors (Lipinski definition) is 1. The highest BCUT2D eigenvalue weighted by Crippen LogP contribution is 2.35. The molecule has 0 amide bonds. The molecule has 1 saturated heterocycles.